The van der Waals surface area contributed by atoms with Gasteiger partial charge in [0.05, 0.1) is 30.5 Å². The second-order valence-electron chi connectivity index (χ2n) is 9.71. The van der Waals surface area contributed by atoms with E-state index < -0.39 is 17.7 Å². The summed E-state index contributed by atoms with van der Waals surface area (Å²) in [7, 11) is 3.81. The quantitative estimate of drug-likeness (QED) is 0.244. The Labute approximate surface area is 223 Å². The highest BCUT2D eigenvalue weighted by molar-refractivity contribution is 6.46. The molecule has 1 fully saturated rings. The molecule has 1 saturated heterocycles. The Balaban J connectivity index is 1.90. The summed E-state index contributed by atoms with van der Waals surface area (Å²) >= 11 is 0. The molecule has 0 bridgehead atoms. The summed E-state index contributed by atoms with van der Waals surface area (Å²) < 4.78 is 13.6. The molecule has 1 aliphatic heterocycles. The number of amides is 1. The standard InChI is InChI=1S/C29H36N4O5/c1-7-16-38-21-12-11-20(17-22(21)37-8-2)25-23(27(35)29(36)33(25)15-14-31(5)6)26(34)24-19(4)32-13-9-10-18(3)28(32)30-24/h9-13,17,25,34H,7-8,14-16H2,1-6H3/b26-23+. The molecule has 0 radical (unpaired) electrons. The summed E-state index contributed by atoms with van der Waals surface area (Å²) in [6, 6.07) is 8.44. The molecule has 3 aromatic rings. The summed E-state index contributed by atoms with van der Waals surface area (Å²) in [4.78, 5) is 34.9. The van der Waals surface area contributed by atoms with Crippen LogP contribution in [0.2, 0.25) is 0 Å². The minimum atomic E-state index is -0.806. The van der Waals surface area contributed by atoms with E-state index in [4.69, 9.17) is 9.47 Å². The van der Waals surface area contributed by atoms with E-state index in [2.05, 4.69) is 4.98 Å². The van der Waals surface area contributed by atoms with Gasteiger partial charge in [0.15, 0.2) is 17.3 Å². The van der Waals surface area contributed by atoms with Crippen molar-refractivity contribution in [2.45, 2.75) is 40.2 Å². The summed E-state index contributed by atoms with van der Waals surface area (Å²) in [5.41, 5.74) is 3.24. The topological polar surface area (TPSA) is 96.6 Å². The summed E-state index contributed by atoms with van der Waals surface area (Å²) in [6.07, 6.45) is 2.70. The number of Topliss-reactive ketones (excluding diaryl/α,β-unsaturated/α-hetero) is 1. The predicted octanol–water partition coefficient (Wildman–Crippen LogP) is 4.12. The van der Waals surface area contributed by atoms with Crippen molar-refractivity contribution in [2.75, 3.05) is 40.4 Å². The number of aliphatic hydroxyl groups is 1. The lowest BCUT2D eigenvalue weighted by Gasteiger charge is -2.27. The van der Waals surface area contributed by atoms with Crippen LogP contribution in [0.5, 0.6) is 11.5 Å². The number of rotatable bonds is 10. The zero-order valence-electron chi connectivity index (χ0n) is 22.9. The van der Waals surface area contributed by atoms with Gasteiger partial charge in [-0.1, -0.05) is 19.1 Å². The van der Waals surface area contributed by atoms with E-state index in [0.29, 0.717) is 54.7 Å². The zero-order valence-corrected chi connectivity index (χ0v) is 22.9. The van der Waals surface area contributed by atoms with Gasteiger partial charge in [-0.15, -0.1) is 0 Å². The number of hydrogen-bond acceptors (Lipinski definition) is 7. The fraction of sp³-hybridized carbons (Fsp3) is 0.414. The van der Waals surface area contributed by atoms with Crippen LogP contribution in [0.4, 0.5) is 0 Å². The van der Waals surface area contributed by atoms with Crippen molar-refractivity contribution >= 4 is 23.1 Å². The number of ether oxygens (including phenoxy) is 2. The van der Waals surface area contributed by atoms with Crippen molar-refractivity contribution in [3.05, 3.63) is 64.6 Å². The molecule has 38 heavy (non-hydrogen) atoms. The number of likely N-dealkylation sites (tertiary alicyclic amines) is 1. The molecule has 9 heteroatoms. The van der Waals surface area contributed by atoms with Gasteiger partial charge in [-0.25, -0.2) is 4.98 Å². The summed E-state index contributed by atoms with van der Waals surface area (Å²) in [5.74, 6) is -0.555. The minimum absolute atomic E-state index is 0.0163. The number of fused-ring (bicyclic) bond motifs is 1. The first-order chi connectivity index (χ1) is 18.2. The highest BCUT2D eigenvalue weighted by Gasteiger charge is 2.46. The number of imidazole rings is 1. The molecule has 3 heterocycles. The molecule has 1 aromatic carbocycles. The number of aromatic nitrogens is 2. The van der Waals surface area contributed by atoms with Crippen LogP contribution in [-0.2, 0) is 9.59 Å². The number of aryl methyl sites for hydroxylation is 2. The molecule has 9 nitrogen and oxygen atoms in total. The van der Waals surface area contributed by atoms with Crippen LogP contribution in [-0.4, -0.2) is 76.4 Å². The molecule has 1 amide bonds. The van der Waals surface area contributed by atoms with Crippen molar-refractivity contribution in [3.8, 4) is 11.5 Å². The van der Waals surface area contributed by atoms with Gasteiger partial charge in [-0.05, 0) is 70.6 Å². The molecule has 4 rings (SSSR count). The van der Waals surface area contributed by atoms with Crippen LogP contribution >= 0.6 is 0 Å². The lowest BCUT2D eigenvalue weighted by molar-refractivity contribution is -0.140. The molecule has 2 aromatic heterocycles. The fourth-order valence-corrected chi connectivity index (χ4v) is 4.73. The van der Waals surface area contributed by atoms with E-state index in [1.165, 1.54) is 4.90 Å². The smallest absolute Gasteiger partial charge is 0.295 e. The van der Waals surface area contributed by atoms with Gasteiger partial charge in [0.25, 0.3) is 11.7 Å². The summed E-state index contributed by atoms with van der Waals surface area (Å²) in [6.45, 7) is 9.48. The van der Waals surface area contributed by atoms with Crippen LogP contribution in [0.3, 0.4) is 0 Å². The maximum atomic E-state index is 13.5. The lowest BCUT2D eigenvalue weighted by atomic mass is 9.96. The number of aliphatic hydroxyl groups excluding tert-OH is 1. The van der Waals surface area contributed by atoms with Crippen LogP contribution in [0, 0.1) is 13.8 Å². The Morgan fingerprint density at radius 1 is 1.11 bits per heavy atom. The first-order valence-corrected chi connectivity index (χ1v) is 13.0. The molecular weight excluding hydrogens is 484 g/mol. The molecular formula is C29H36N4O5. The number of hydrogen-bond donors (Lipinski definition) is 1. The highest BCUT2D eigenvalue weighted by Crippen LogP contribution is 2.42. The number of carbonyl (C=O) groups is 2. The van der Waals surface area contributed by atoms with Crippen LogP contribution in [0.25, 0.3) is 11.4 Å². The number of ketones is 1. The molecule has 1 N–H and O–H groups in total. The molecule has 0 spiro atoms. The van der Waals surface area contributed by atoms with Crippen molar-refractivity contribution < 1.29 is 24.2 Å². The highest BCUT2D eigenvalue weighted by atomic mass is 16.5. The van der Waals surface area contributed by atoms with E-state index in [9.17, 15) is 14.7 Å². The van der Waals surface area contributed by atoms with E-state index >= 15 is 0 Å². The second-order valence-corrected chi connectivity index (χ2v) is 9.71. The van der Waals surface area contributed by atoms with Crippen molar-refractivity contribution in [3.63, 3.8) is 0 Å². The zero-order chi connectivity index (χ0) is 27.6. The van der Waals surface area contributed by atoms with E-state index in [1.54, 1.807) is 12.1 Å². The average Bonchev–Trinajstić information content (AvgIpc) is 3.36. The van der Waals surface area contributed by atoms with Gasteiger partial charge in [-0.3, -0.25) is 9.59 Å². The maximum absolute atomic E-state index is 13.5. The second kappa shape index (κ2) is 11.3. The van der Waals surface area contributed by atoms with Gasteiger partial charge in [0.2, 0.25) is 0 Å². The van der Waals surface area contributed by atoms with Gasteiger partial charge < -0.3 is 28.8 Å². The fourth-order valence-electron chi connectivity index (χ4n) is 4.73. The molecule has 1 unspecified atom stereocenters. The minimum Gasteiger partial charge on any atom is -0.505 e. The Bertz CT molecular complexity index is 1390. The van der Waals surface area contributed by atoms with Crippen LogP contribution in [0.15, 0.2) is 42.1 Å². The largest absolute Gasteiger partial charge is 0.505 e. The first kappa shape index (κ1) is 27.2. The van der Waals surface area contributed by atoms with Crippen molar-refractivity contribution in [1.82, 2.24) is 19.2 Å². The van der Waals surface area contributed by atoms with Gasteiger partial charge >= 0.3 is 0 Å². The maximum Gasteiger partial charge on any atom is 0.295 e. The van der Waals surface area contributed by atoms with Gasteiger partial charge in [0, 0.05) is 19.3 Å². The number of pyridine rings is 1. The Hall–Kier alpha value is -3.85. The third kappa shape index (κ3) is 4.98. The lowest BCUT2D eigenvalue weighted by Crippen LogP contribution is -2.35. The van der Waals surface area contributed by atoms with E-state index in [1.807, 2.05) is 75.5 Å². The molecule has 1 aliphatic rings. The number of nitrogens with zero attached hydrogens (tertiary/aromatic N) is 4. The van der Waals surface area contributed by atoms with Gasteiger partial charge in [-0.2, -0.15) is 0 Å². The first-order valence-electron chi connectivity index (χ1n) is 13.0. The van der Waals surface area contributed by atoms with E-state index in [0.717, 1.165) is 12.0 Å². The molecule has 0 saturated carbocycles. The van der Waals surface area contributed by atoms with E-state index in [-0.39, 0.29) is 17.0 Å². The molecule has 1 atom stereocenters. The average molecular weight is 521 g/mol. The Kier molecular flexibility index (Phi) is 8.06. The molecule has 0 aliphatic carbocycles. The number of carbonyl (C=O) groups excluding carboxylic acids is 2. The Morgan fingerprint density at radius 3 is 2.53 bits per heavy atom. The van der Waals surface area contributed by atoms with Crippen molar-refractivity contribution in [1.29, 1.82) is 0 Å². The number of benzene rings is 1. The Morgan fingerprint density at radius 2 is 1.87 bits per heavy atom. The SMILES string of the molecule is CCCOc1ccc(C2/C(=C(\O)c3nc4c(C)cccn4c3C)C(=O)C(=O)N2CCN(C)C)cc1OCC. The predicted molar refractivity (Wildman–Crippen MR) is 146 cm³/mol. The molecule has 202 valence electrons. The third-order valence-electron chi connectivity index (χ3n) is 6.68. The summed E-state index contributed by atoms with van der Waals surface area (Å²) in [5, 5.41) is 11.6. The number of likely N-dealkylation sites (N-methyl/N-ethyl adjacent to an activating group) is 1. The van der Waals surface area contributed by atoms with Gasteiger partial charge in [0.1, 0.15) is 11.3 Å². The monoisotopic (exact) mass is 520 g/mol. The van der Waals surface area contributed by atoms with Crippen molar-refractivity contribution in [2.24, 2.45) is 0 Å². The normalized spacial score (nSPS) is 17.1. The third-order valence-corrected chi connectivity index (χ3v) is 6.68. The van der Waals surface area contributed by atoms with Crippen LogP contribution < -0.4 is 9.47 Å². The van der Waals surface area contributed by atoms with Crippen LogP contribution in [0.1, 0.15) is 48.8 Å².